The summed E-state index contributed by atoms with van der Waals surface area (Å²) in [7, 11) is 0. The molecule has 13 heavy (non-hydrogen) atoms. The van der Waals surface area contributed by atoms with E-state index >= 15 is 0 Å². The van der Waals surface area contributed by atoms with Crippen molar-refractivity contribution in [3.05, 3.63) is 34.9 Å². The SMILES string of the molecule is c1cc(-c2cscc2C2CC2)co1. The van der Waals surface area contributed by atoms with E-state index in [1.807, 2.05) is 12.3 Å². The molecule has 0 atom stereocenters. The standard InChI is InChI=1S/C11H10OS/c1-2-8(1)10-6-13-7-11(10)9-3-4-12-5-9/h3-8H,1-2H2. The molecule has 0 amide bonds. The molecule has 0 unspecified atom stereocenters. The monoisotopic (exact) mass is 190 g/mol. The van der Waals surface area contributed by atoms with Gasteiger partial charge in [-0.25, -0.2) is 0 Å². The molecule has 1 aliphatic rings. The van der Waals surface area contributed by atoms with E-state index in [0.29, 0.717) is 0 Å². The maximum Gasteiger partial charge on any atom is 0.0981 e. The van der Waals surface area contributed by atoms with Gasteiger partial charge < -0.3 is 4.42 Å². The van der Waals surface area contributed by atoms with Crippen LogP contribution in [0.1, 0.15) is 24.3 Å². The van der Waals surface area contributed by atoms with Crippen molar-refractivity contribution in [3.63, 3.8) is 0 Å². The molecule has 1 nitrogen and oxygen atoms in total. The zero-order valence-corrected chi connectivity index (χ0v) is 8.01. The Bertz CT molecular complexity index is 395. The maximum atomic E-state index is 5.10. The molecule has 0 spiro atoms. The lowest BCUT2D eigenvalue weighted by molar-refractivity contribution is 0.568. The van der Waals surface area contributed by atoms with Gasteiger partial charge in [-0.15, -0.1) is 0 Å². The van der Waals surface area contributed by atoms with Crippen LogP contribution in [-0.4, -0.2) is 0 Å². The summed E-state index contributed by atoms with van der Waals surface area (Å²) in [5.74, 6) is 0.830. The molecule has 1 aliphatic carbocycles. The van der Waals surface area contributed by atoms with Gasteiger partial charge in [-0.3, -0.25) is 0 Å². The fourth-order valence-corrected chi connectivity index (χ4v) is 2.61. The topological polar surface area (TPSA) is 13.1 Å². The van der Waals surface area contributed by atoms with Crippen molar-refractivity contribution in [2.45, 2.75) is 18.8 Å². The van der Waals surface area contributed by atoms with Gasteiger partial charge in [0.05, 0.1) is 12.5 Å². The summed E-state index contributed by atoms with van der Waals surface area (Å²) in [5, 5.41) is 4.50. The predicted octanol–water partition coefficient (Wildman–Crippen LogP) is 3.89. The predicted molar refractivity (Wildman–Crippen MR) is 54.0 cm³/mol. The second kappa shape index (κ2) is 2.74. The first-order chi connectivity index (χ1) is 6.45. The minimum Gasteiger partial charge on any atom is -0.472 e. The largest absolute Gasteiger partial charge is 0.472 e. The molecule has 66 valence electrons. The van der Waals surface area contributed by atoms with Crippen molar-refractivity contribution < 1.29 is 4.42 Å². The van der Waals surface area contributed by atoms with E-state index in [0.717, 1.165) is 5.92 Å². The lowest BCUT2D eigenvalue weighted by Crippen LogP contribution is -1.77. The minimum absolute atomic E-state index is 0.830. The molecule has 2 heteroatoms. The Morgan fingerprint density at radius 3 is 2.92 bits per heavy atom. The van der Waals surface area contributed by atoms with Crippen LogP contribution in [0.5, 0.6) is 0 Å². The van der Waals surface area contributed by atoms with Crippen LogP contribution in [0, 0.1) is 0 Å². The summed E-state index contributed by atoms with van der Waals surface area (Å²) in [6.07, 6.45) is 6.29. The van der Waals surface area contributed by atoms with Gasteiger partial charge in [0.1, 0.15) is 0 Å². The summed E-state index contributed by atoms with van der Waals surface area (Å²) in [4.78, 5) is 0. The molecule has 0 aliphatic heterocycles. The molecule has 0 aromatic carbocycles. The average Bonchev–Trinajstić information content (AvgIpc) is 2.72. The summed E-state index contributed by atoms with van der Waals surface area (Å²) < 4.78 is 5.10. The zero-order valence-electron chi connectivity index (χ0n) is 7.19. The highest BCUT2D eigenvalue weighted by Gasteiger charge is 2.26. The molecule has 1 saturated carbocycles. The Balaban J connectivity index is 2.08. The lowest BCUT2D eigenvalue weighted by Gasteiger charge is -1.97. The first kappa shape index (κ1) is 7.39. The number of hydrogen-bond donors (Lipinski definition) is 0. The van der Waals surface area contributed by atoms with Crippen LogP contribution >= 0.6 is 11.3 Å². The van der Waals surface area contributed by atoms with Gasteiger partial charge in [0.15, 0.2) is 0 Å². The van der Waals surface area contributed by atoms with Crippen molar-refractivity contribution >= 4 is 11.3 Å². The Morgan fingerprint density at radius 2 is 2.23 bits per heavy atom. The normalized spacial score (nSPS) is 16.3. The molecule has 3 rings (SSSR count). The highest BCUT2D eigenvalue weighted by molar-refractivity contribution is 7.08. The maximum absolute atomic E-state index is 5.10. The minimum atomic E-state index is 0.830. The molecule has 2 heterocycles. The molecule has 1 fully saturated rings. The fourth-order valence-electron chi connectivity index (χ4n) is 1.67. The van der Waals surface area contributed by atoms with Gasteiger partial charge in [0, 0.05) is 5.56 Å². The summed E-state index contributed by atoms with van der Waals surface area (Å²) in [5.41, 5.74) is 4.12. The average molecular weight is 190 g/mol. The third-order valence-electron chi connectivity index (χ3n) is 2.54. The Hall–Kier alpha value is -1.02. The van der Waals surface area contributed by atoms with Crippen molar-refractivity contribution in [2.24, 2.45) is 0 Å². The number of hydrogen-bond acceptors (Lipinski definition) is 2. The zero-order chi connectivity index (χ0) is 8.67. The van der Waals surface area contributed by atoms with Crippen molar-refractivity contribution in [2.75, 3.05) is 0 Å². The summed E-state index contributed by atoms with van der Waals surface area (Å²) >= 11 is 1.79. The molecule has 2 aromatic rings. The van der Waals surface area contributed by atoms with E-state index in [9.17, 15) is 0 Å². The number of thiophene rings is 1. The Morgan fingerprint density at radius 1 is 1.31 bits per heavy atom. The van der Waals surface area contributed by atoms with Crippen LogP contribution in [-0.2, 0) is 0 Å². The highest BCUT2D eigenvalue weighted by atomic mass is 32.1. The van der Waals surface area contributed by atoms with Gasteiger partial charge in [-0.05, 0) is 46.7 Å². The molecular formula is C11H10OS. The molecule has 0 radical (unpaired) electrons. The second-order valence-corrected chi connectivity index (χ2v) is 4.27. The summed E-state index contributed by atoms with van der Waals surface area (Å²) in [6.45, 7) is 0. The van der Waals surface area contributed by atoms with Crippen LogP contribution in [0.3, 0.4) is 0 Å². The van der Waals surface area contributed by atoms with Crippen molar-refractivity contribution in [3.8, 4) is 11.1 Å². The summed E-state index contributed by atoms with van der Waals surface area (Å²) in [6, 6.07) is 2.04. The van der Waals surface area contributed by atoms with E-state index in [1.54, 1.807) is 17.6 Å². The third kappa shape index (κ3) is 1.22. The Kier molecular flexibility index (Phi) is 1.56. The number of rotatable bonds is 2. The van der Waals surface area contributed by atoms with E-state index in [4.69, 9.17) is 4.42 Å². The number of furan rings is 1. The van der Waals surface area contributed by atoms with Crippen LogP contribution < -0.4 is 0 Å². The van der Waals surface area contributed by atoms with E-state index < -0.39 is 0 Å². The quantitative estimate of drug-likeness (QED) is 0.700. The van der Waals surface area contributed by atoms with Crippen LogP contribution in [0.2, 0.25) is 0 Å². The van der Waals surface area contributed by atoms with E-state index in [2.05, 4.69) is 10.8 Å². The van der Waals surface area contributed by atoms with E-state index in [-0.39, 0.29) is 0 Å². The smallest absolute Gasteiger partial charge is 0.0981 e. The van der Waals surface area contributed by atoms with Gasteiger partial charge in [0.25, 0.3) is 0 Å². The van der Waals surface area contributed by atoms with Gasteiger partial charge in [0.2, 0.25) is 0 Å². The molecule has 0 N–H and O–H groups in total. The molecular weight excluding hydrogens is 180 g/mol. The fraction of sp³-hybridized carbons (Fsp3) is 0.273. The Labute approximate surface area is 81.0 Å². The highest BCUT2D eigenvalue weighted by Crippen LogP contribution is 2.45. The lowest BCUT2D eigenvalue weighted by atomic mass is 10.1. The van der Waals surface area contributed by atoms with Crippen LogP contribution in [0.25, 0.3) is 11.1 Å². The van der Waals surface area contributed by atoms with Gasteiger partial charge in [-0.2, -0.15) is 11.3 Å². The second-order valence-electron chi connectivity index (χ2n) is 3.53. The first-order valence-corrected chi connectivity index (χ1v) is 5.48. The third-order valence-corrected chi connectivity index (χ3v) is 3.30. The first-order valence-electron chi connectivity index (χ1n) is 4.54. The molecule has 2 aromatic heterocycles. The van der Waals surface area contributed by atoms with Gasteiger partial charge >= 0.3 is 0 Å². The van der Waals surface area contributed by atoms with Crippen molar-refractivity contribution in [1.82, 2.24) is 0 Å². The molecule has 0 saturated heterocycles. The van der Waals surface area contributed by atoms with Crippen LogP contribution in [0.4, 0.5) is 0 Å². The molecule has 0 bridgehead atoms. The van der Waals surface area contributed by atoms with Crippen LogP contribution in [0.15, 0.2) is 33.8 Å². The van der Waals surface area contributed by atoms with Gasteiger partial charge in [-0.1, -0.05) is 0 Å². The van der Waals surface area contributed by atoms with Crippen molar-refractivity contribution in [1.29, 1.82) is 0 Å². The van der Waals surface area contributed by atoms with E-state index in [1.165, 1.54) is 29.5 Å².